The van der Waals surface area contributed by atoms with Gasteiger partial charge in [0.2, 0.25) is 11.7 Å². The molecule has 0 aromatic heterocycles. The van der Waals surface area contributed by atoms with Crippen LogP contribution in [0.25, 0.3) is 0 Å². The Bertz CT molecular complexity index is 1100. The molecule has 0 radical (unpaired) electrons. The first-order chi connectivity index (χ1) is 15.4. The van der Waals surface area contributed by atoms with E-state index in [2.05, 4.69) is 5.32 Å². The first-order valence-electron chi connectivity index (χ1n) is 10.2. The van der Waals surface area contributed by atoms with Crippen LogP contribution in [-0.2, 0) is 9.59 Å². The minimum Gasteiger partial charge on any atom is -0.493 e. The maximum Gasteiger partial charge on any atom is 0.225 e. The molecule has 168 valence electrons. The molecular weight excluding hydrogens is 420 g/mol. The van der Waals surface area contributed by atoms with Crippen LogP contribution in [0.4, 0.5) is 8.78 Å². The molecule has 2 atom stereocenters. The zero-order chi connectivity index (χ0) is 23.0. The van der Waals surface area contributed by atoms with Crippen LogP contribution in [0.1, 0.15) is 42.2 Å². The summed E-state index contributed by atoms with van der Waals surface area (Å²) in [4.78, 5) is 25.6. The van der Waals surface area contributed by atoms with E-state index in [9.17, 15) is 18.4 Å². The summed E-state index contributed by atoms with van der Waals surface area (Å²) in [7, 11) is 4.52. The number of rotatable bonds is 5. The maximum absolute atomic E-state index is 14.5. The molecule has 0 saturated heterocycles. The van der Waals surface area contributed by atoms with E-state index in [4.69, 9.17) is 14.2 Å². The van der Waals surface area contributed by atoms with Gasteiger partial charge in [-0.25, -0.2) is 8.78 Å². The number of carbonyl (C=O) groups excluding carboxylic acids is 2. The van der Waals surface area contributed by atoms with Crippen molar-refractivity contribution in [1.29, 1.82) is 0 Å². The lowest BCUT2D eigenvalue weighted by atomic mass is 9.73. The highest BCUT2D eigenvalue weighted by Gasteiger charge is 2.39. The standard InChI is InChI=1S/C24H23F2NO5/c1-30-20-8-13(9-21(31-2)24(20)32-3)12-6-18-23(19(28)7-12)16(11-22(29)27-18)15-10-14(25)4-5-17(15)26/h4-5,8-10,12,16H,6-7,11H2,1-3H3,(H,27,29)/t12-,16-/m0/s1. The van der Waals surface area contributed by atoms with Gasteiger partial charge in [0.15, 0.2) is 17.3 Å². The first kappa shape index (κ1) is 21.8. The quantitative estimate of drug-likeness (QED) is 0.756. The van der Waals surface area contributed by atoms with Crippen molar-refractivity contribution in [3.63, 3.8) is 0 Å². The fraction of sp³-hybridized carbons (Fsp3) is 0.333. The fourth-order valence-electron chi connectivity index (χ4n) is 4.58. The van der Waals surface area contributed by atoms with E-state index in [1.807, 2.05) is 0 Å². The second kappa shape index (κ2) is 8.61. The van der Waals surface area contributed by atoms with Crippen LogP contribution in [0.15, 0.2) is 41.6 Å². The second-order valence-electron chi connectivity index (χ2n) is 7.85. The Morgan fingerprint density at radius 3 is 2.22 bits per heavy atom. The fourth-order valence-corrected chi connectivity index (χ4v) is 4.58. The summed E-state index contributed by atoms with van der Waals surface area (Å²) < 4.78 is 44.5. The lowest BCUT2D eigenvalue weighted by Gasteiger charge is -2.34. The van der Waals surface area contributed by atoms with Gasteiger partial charge in [-0.3, -0.25) is 9.59 Å². The molecule has 1 aliphatic carbocycles. The normalized spacial score (nSPS) is 20.5. The number of ether oxygens (including phenoxy) is 3. The van der Waals surface area contributed by atoms with Gasteiger partial charge in [0.1, 0.15) is 11.6 Å². The predicted octanol–water partition coefficient (Wildman–Crippen LogP) is 3.99. The number of hydrogen-bond acceptors (Lipinski definition) is 5. The molecule has 0 fully saturated rings. The average molecular weight is 443 g/mol. The van der Waals surface area contributed by atoms with Gasteiger partial charge < -0.3 is 19.5 Å². The molecule has 0 bridgehead atoms. The van der Waals surface area contributed by atoms with Gasteiger partial charge in [-0.05, 0) is 53.8 Å². The van der Waals surface area contributed by atoms with Gasteiger partial charge >= 0.3 is 0 Å². The van der Waals surface area contributed by atoms with Crippen molar-refractivity contribution < 1.29 is 32.6 Å². The number of allylic oxidation sites excluding steroid dienone is 2. The van der Waals surface area contributed by atoms with Crippen LogP contribution < -0.4 is 19.5 Å². The van der Waals surface area contributed by atoms with E-state index < -0.39 is 17.6 Å². The van der Waals surface area contributed by atoms with Crippen LogP contribution in [-0.4, -0.2) is 33.0 Å². The summed E-state index contributed by atoms with van der Waals surface area (Å²) in [5.41, 5.74) is 1.60. The molecule has 0 saturated carbocycles. The molecule has 6 nitrogen and oxygen atoms in total. The number of carbonyl (C=O) groups is 2. The number of methoxy groups -OCH3 is 3. The van der Waals surface area contributed by atoms with Crippen LogP contribution >= 0.6 is 0 Å². The van der Waals surface area contributed by atoms with Gasteiger partial charge in [-0.15, -0.1) is 0 Å². The lowest BCUT2D eigenvalue weighted by molar-refractivity contribution is -0.122. The molecule has 1 amide bonds. The minimum absolute atomic E-state index is 0.0203. The summed E-state index contributed by atoms with van der Waals surface area (Å²) in [5, 5.41) is 2.78. The summed E-state index contributed by atoms with van der Waals surface area (Å²) in [6.45, 7) is 0. The highest BCUT2D eigenvalue weighted by atomic mass is 19.1. The van der Waals surface area contributed by atoms with Crippen LogP contribution in [0.2, 0.25) is 0 Å². The number of amides is 1. The topological polar surface area (TPSA) is 73.9 Å². The lowest BCUT2D eigenvalue weighted by Crippen LogP contribution is -2.38. The van der Waals surface area contributed by atoms with Crippen LogP contribution in [0, 0.1) is 11.6 Å². The van der Waals surface area contributed by atoms with Crippen LogP contribution in [0.3, 0.4) is 0 Å². The minimum atomic E-state index is -0.817. The average Bonchev–Trinajstić information content (AvgIpc) is 2.78. The molecule has 2 aromatic carbocycles. The third-order valence-electron chi connectivity index (χ3n) is 6.03. The Hall–Kier alpha value is -3.42. The number of halogens is 2. The van der Waals surface area contributed by atoms with Gasteiger partial charge in [0.25, 0.3) is 0 Å². The summed E-state index contributed by atoms with van der Waals surface area (Å²) in [6, 6.07) is 6.64. The largest absolute Gasteiger partial charge is 0.493 e. The molecule has 1 heterocycles. The van der Waals surface area contributed by atoms with E-state index in [1.54, 1.807) is 12.1 Å². The van der Waals surface area contributed by atoms with E-state index in [1.165, 1.54) is 21.3 Å². The number of hydrogen-bond donors (Lipinski definition) is 1. The number of nitrogens with one attached hydrogen (secondary N) is 1. The van der Waals surface area contributed by atoms with E-state index >= 15 is 0 Å². The summed E-state index contributed by atoms with van der Waals surface area (Å²) in [5.74, 6) is -1.52. The Kier molecular flexibility index (Phi) is 5.86. The Morgan fingerprint density at radius 2 is 1.59 bits per heavy atom. The SMILES string of the molecule is COc1cc([C@@H]2CC(=O)C3=C(C2)NC(=O)C[C@H]3c2cc(F)ccc2F)cc(OC)c1OC. The molecular formula is C24H23F2NO5. The molecule has 2 aliphatic rings. The van der Waals surface area contributed by atoms with Crippen molar-refractivity contribution in [2.45, 2.75) is 31.1 Å². The van der Waals surface area contributed by atoms with Crippen molar-refractivity contribution >= 4 is 11.7 Å². The first-order valence-corrected chi connectivity index (χ1v) is 10.2. The number of ketones is 1. The van der Waals surface area contributed by atoms with E-state index in [0.717, 1.165) is 23.8 Å². The molecule has 4 rings (SSSR count). The van der Waals surface area contributed by atoms with Crippen molar-refractivity contribution in [1.82, 2.24) is 5.32 Å². The van der Waals surface area contributed by atoms with Crippen molar-refractivity contribution in [3.05, 3.63) is 64.4 Å². The van der Waals surface area contributed by atoms with Crippen LogP contribution in [0.5, 0.6) is 17.2 Å². The van der Waals surface area contributed by atoms with Crippen molar-refractivity contribution in [2.75, 3.05) is 21.3 Å². The van der Waals surface area contributed by atoms with E-state index in [-0.39, 0.29) is 36.0 Å². The monoisotopic (exact) mass is 443 g/mol. The van der Waals surface area contributed by atoms with E-state index in [0.29, 0.717) is 34.9 Å². The molecule has 0 spiro atoms. The van der Waals surface area contributed by atoms with Gasteiger partial charge in [0, 0.05) is 30.0 Å². The summed E-state index contributed by atoms with van der Waals surface area (Å²) in [6.07, 6.45) is 0.402. The molecule has 8 heteroatoms. The molecule has 0 unspecified atom stereocenters. The zero-order valence-corrected chi connectivity index (χ0v) is 18.0. The Morgan fingerprint density at radius 1 is 0.906 bits per heavy atom. The number of benzene rings is 2. The van der Waals surface area contributed by atoms with Gasteiger partial charge in [0.05, 0.1) is 21.3 Å². The zero-order valence-electron chi connectivity index (χ0n) is 18.0. The predicted molar refractivity (Wildman–Crippen MR) is 112 cm³/mol. The smallest absolute Gasteiger partial charge is 0.225 e. The molecule has 2 aromatic rings. The third-order valence-corrected chi connectivity index (χ3v) is 6.03. The molecule has 32 heavy (non-hydrogen) atoms. The highest BCUT2D eigenvalue weighted by molar-refractivity contribution is 6.02. The maximum atomic E-state index is 14.5. The summed E-state index contributed by atoms with van der Waals surface area (Å²) >= 11 is 0. The Labute approximate surface area is 184 Å². The van der Waals surface area contributed by atoms with Crippen molar-refractivity contribution in [3.8, 4) is 17.2 Å². The third kappa shape index (κ3) is 3.81. The Balaban J connectivity index is 1.75. The second-order valence-corrected chi connectivity index (χ2v) is 7.85. The highest BCUT2D eigenvalue weighted by Crippen LogP contribution is 2.46. The van der Waals surface area contributed by atoms with Crippen molar-refractivity contribution in [2.24, 2.45) is 0 Å². The molecule has 1 N–H and O–H groups in total. The number of Topliss-reactive ketones (excluding diaryl/α,β-unsaturated/α-hetero) is 1. The van der Waals surface area contributed by atoms with Gasteiger partial charge in [-0.1, -0.05) is 0 Å². The molecule has 1 aliphatic heterocycles. The van der Waals surface area contributed by atoms with Gasteiger partial charge in [-0.2, -0.15) is 0 Å².